The van der Waals surface area contributed by atoms with E-state index in [1.165, 1.54) is 0 Å². The van der Waals surface area contributed by atoms with Gasteiger partial charge in [-0.25, -0.2) is 9.18 Å². The number of nitrogens with one attached hydrogen (secondary N) is 2. The van der Waals surface area contributed by atoms with Crippen LogP contribution in [0.1, 0.15) is 25.0 Å². The minimum atomic E-state index is -3.36. The quantitative estimate of drug-likeness (QED) is 0.440. The van der Waals surface area contributed by atoms with Gasteiger partial charge in [-0.1, -0.05) is 6.92 Å². The molecule has 1 aliphatic heterocycles. The first kappa shape index (κ1) is 14.9. The fourth-order valence-corrected chi connectivity index (χ4v) is 2.19. The number of halogens is 1. The second-order valence-electron chi connectivity index (χ2n) is 4.65. The summed E-state index contributed by atoms with van der Waals surface area (Å²) in [4.78, 5) is 26.5. The third-order valence-corrected chi connectivity index (χ3v) is 3.33. The van der Waals surface area contributed by atoms with Gasteiger partial charge >= 0.3 is 5.69 Å². The van der Waals surface area contributed by atoms with Crippen molar-refractivity contribution in [1.29, 1.82) is 0 Å². The molecule has 112 valence electrons. The molecule has 20 heavy (non-hydrogen) atoms. The molecule has 0 aromatic carbocycles. The van der Waals surface area contributed by atoms with Gasteiger partial charge in [-0.05, 0) is 6.42 Å². The van der Waals surface area contributed by atoms with Crippen LogP contribution in [0.4, 0.5) is 4.39 Å². The summed E-state index contributed by atoms with van der Waals surface area (Å²) in [6, 6.07) is 0. The number of ether oxygens (including phenoxy) is 1. The number of hydrogen-bond donors (Lipinski definition) is 5. The molecule has 9 heteroatoms. The first-order chi connectivity index (χ1) is 9.28. The van der Waals surface area contributed by atoms with Crippen LogP contribution in [0.3, 0.4) is 0 Å². The monoisotopic (exact) mass is 290 g/mol. The number of aliphatic hydroxyl groups is 3. The van der Waals surface area contributed by atoms with Gasteiger partial charge < -0.3 is 25.0 Å². The first-order valence-electron chi connectivity index (χ1n) is 6.03. The Bertz CT molecular complexity index is 597. The van der Waals surface area contributed by atoms with Crippen LogP contribution in [0, 0.1) is 0 Å². The molecule has 1 fully saturated rings. The third-order valence-electron chi connectivity index (χ3n) is 3.33. The molecule has 0 aliphatic carbocycles. The van der Waals surface area contributed by atoms with Crippen molar-refractivity contribution in [3.8, 4) is 0 Å². The lowest BCUT2D eigenvalue weighted by atomic mass is 9.89. The molecule has 0 amide bonds. The van der Waals surface area contributed by atoms with Crippen LogP contribution in [0.15, 0.2) is 15.8 Å². The average molecular weight is 290 g/mol. The zero-order valence-corrected chi connectivity index (χ0v) is 10.5. The second kappa shape index (κ2) is 5.09. The lowest BCUT2D eigenvalue weighted by Gasteiger charge is -2.43. The summed E-state index contributed by atoms with van der Waals surface area (Å²) in [7, 11) is 0. The highest BCUT2D eigenvalue weighted by Crippen LogP contribution is 2.40. The Balaban J connectivity index is 2.48. The Morgan fingerprint density at radius 1 is 1.45 bits per heavy atom. The highest BCUT2D eigenvalue weighted by molar-refractivity contribution is 5.15. The fourth-order valence-electron chi connectivity index (χ4n) is 2.19. The minimum absolute atomic E-state index is 0.228. The Labute approximate surface area is 111 Å². The summed E-state index contributed by atoms with van der Waals surface area (Å²) in [6.07, 6.45) is -5.44. The van der Waals surface area contributed by atoms with Gasteiger partial charge in [0.15, 0.2) is 6.10 Å². The van der Waals surface area contributed by atoms with Gasteiger partial charge in [-0.3, -0.25) is 9.78 Å². The maximum atomic E-state index is 14.2. The van der Waals surface area contributed by atoms with Crippen LogP contribution >= 0.6 is 0 Å². The van der Waals surface area contributed by atoms with E-state index in [0.29, 0.717) is 0 Å². The number of aromatic nitrogens is 2. The molecule has 2 heterocycles. The summed E-state index contributed by atoms with van der Waals surface area (Å²) in [5.41, 5.74) is -2.14. The van der Waals surface area contributed by atoms with Crippen molar-refractivity contribution in [2.45, 2.75) is 43.6 Å². The van der Waals surface area contributed by atoms with E-state index in [-0.39, 0.29) is 12.0 Å². The summed E-state index contributed by atoms with van der Waals surface area (Å²) in [6.45, 7) is 1.62. The molecule has 0 spiro atoms. The molecule has 1 aliphatic rings. The molecule has 0 saturated carbocycles. The first-order valence-corrected chi connectivity index (χ1v) is 6.03. The Kier molecular flexibility index (Phi) is 3.78. The molecule has 1 aromatic rings. The van der Waals surface area contributed by atoms with E-state index in [0.717, 1.165) is 6.20 Å². The Hall–Kier alpha value is -1.55. The van der Waals surface area contributed by atoms with Gasteiger partial charge in [0.2, 0.25) is 0 Å². The lowest BCUT2D eigenvalue weighted by Crippen LogP contribution is -2.60. The predicted octanol–water partition coefficient (Wildman–Crippen LogP) is -1.71. The predicted molar refractivity (Wildman–Crippen MR) is 63.7 cm³/mol. The van der Waals surface area contributed by atoms with E-state index in [1.807, 2.05) is 4.98 Å². The van der Waals surface area contributed by atoms with Gasteiger partial charge in [0.05, 0.1) is 11.7 Å². The molecular formula is C11H15FN2O6. The molecule has 1 saturated heterocycles. The number of hydrogen-bond acceptors (Lipinski definition) is 6. The maximum absolute atomic E-state index is 14.2. The highest BCUT2D eigenvalue weighted by atomic mass is 19.2. The van der Waals surface area contributed by atoms with E-state index in [4.69, 9.17) is 4.74 Å². The van der Waals surface area contributed by atoms with Crippen LogP contribution in [0.2, 0.25) is 0 Å². The SMILES string of the molecule is CCC1OC(c2c[nH]c(=O)[nH]c2=O)[C@](O)(F)[C@H](O)[C@@H]1O. The van der Waals surface area contributed by atoms with Crippen LogP contribution in [0.5, 0.6) is 0 Å². The maximum Gasteiger partial charge on any atom is 0.325 e. The zero-order chi connectivity index (χ0) is 15.1. The number of aliphatic hydroxyl groups excluding tert-OH is 2. The minimum Gasteiger partial charge on any atom is -0.387 e. The molecule has 8 nitrogen and oxygen atoms in total. The van der Waals surface area contributed by atoms with E-state index in [2.05, 4.69) is 4.98 Å². The zero-order valence-electron chi connectivity index (χ0n) is 10.5. The van der Waals surface area contributed by atoms with Crippen molar-refractivity contribution < 1.29 is 24.4 Å². The average Bonchev–Trinajstić information content (AvgIpc) is 2.38. The van der Waals surface area contributed by atoms with Crippen molar-refractivity contribution in [1.82, 2.24) is 9.97 Å². The van der Waals surface area contributed by atoms with Crippen molar-refractivity contribution >= 4 is 0 Å². The van der Waals surface area contributed by atoms with E-state index in [9.17, 15) is 29.3 Å². The van der Waals surface area contributed by atoms with Gasteiger partial charge in [-0.15, -0.1) is 0 Å². The molecule has 0 radical (unpaired) electrons. The molecule has 2 unspecified atom stereocenters. The smallest absolute Gasteiger partial charge is 0.325 e. The van der Waals surface area contributed by atoms with Crippen molar-refractivity contribution in [3.63, 3.8) is 0 Å². The van der Waals surface area contributed by atoms with Crippen LogP contribution in [0.25, 0.3) is 0 Å². The molecule has 0 bridgehead atoms. The molecular weight excluding hydrogens is 275 g/mol. The normalized spacial score (nSPS) is 37.9. The molecule has 5 N–H and O–H groups in total. The highest BCUT2D eigenvalue weighted by Gasteiger charge is 2.56. The Morgan fingerprint density at radius 2 is 2.10 bits per heavy atom. The second-order valence-corrected chi connectivity index (χ2v) is 4.65. The number of alkyl halides is 1. The third kappa shape index (κ3) is 2.29. The van der Waals surface area contributed by atoms with Gasteiger partial charge in [0.1, 0.15) is 12.2 Å². The van der Waals surface area contributed by atoms with Crippen LogP contribution in [-0.4, -0.2) is 49.5 Å². The van der Waals surface area contributed by atoms with Gasteiger partial charge in [0, 0.05) is 6.20 Å². The van der Waals surface area contributed by atoms with Crippen molar-refractivity contribution in [2.24, 2.45) is 0 Å². The largest absolute Gasteiger partial charge is 0.387 e. The molecule has 2 rings (SSSR count). The summed E-state index contributed by atoms with van der Waals surface area (Å²) < 4.78 is 19.4. The van der Waals surface area contributed by atoms with E-state index in [1.54, 1.807) is 6.92 Å². The van der Waals surface area contributed by atoms with Gasteiger partial charge in [-0.2, -0.15) is 0 Å². The van der Waals surface area contributed by atoms with E-state index < -0.39 is 41.5 Å². The number of aromatic amines is 2. The van der Waals surface area contributed by atoms with Crippen molar-refractivity contribution in [2.75, 3.05) is 0 Å². The Morgan fingerprint density at radius 3 is 2.65 bits per heavy atom. The molecule has 1 aromatic heterocycles. The molecule has 5 atom stereocenters. The summed E-state index contributed by atoms with van der Waals surface area (Å²) in [5, 5.41) is 29.0. The van der Waals surface area contributed by atoms with Crippen LogP contribution in [-0.2, 0) is 4.74 Å². The topological polar surface area (TPSA) is 136 Å². The lowest BCUT2D eigenvalue weighted by molar-refractivity contribution is -0.321. The van der Waals surface area contributed by atoms with Crippen molar-refractivity contribution in [3.05, 3.63) is 32.6 Å². The van der Waals surface area contributed by atoms with E-state index >= 15 is 0 Å². The fraction of sp³-hybridized carbons (Fsp3) is 0.636. The summed E-state index contributed by atoms with van der Waals surface area (Å²) in [5.74, 6) is -3.36. The standard InChI is InChI=1S/C11H15FN2O6/c1-2-5-6(15)7(16)11(12,19)8(20-5)4-3-13-10(18)14-9(4)17/h3,5-8,15-16,19H,2H2,1H3,(H2,13,14,17,18)/t5?,6-,7-,8?,11+/m1/s1. The number of H-pyrrole nitrogens is 2. The summed E-state index contributed by atoms with van der Waals surface area (Å²) >= 11 is 0. The van der Waals surface area contributed by atoms with Crippen LogP contribution < -0.4 is 11.2 Å². The van der Waals surface area contributed by atoms with Gasteiger partial charge in [0.25, 0.3) is 11.4 Å². The number of rotatable bonds is 2.